The molecule has 2 rings (SSSR count). The van der Waals surface area contributed by atoms with Crippen LogP contribution in [0.1, 0.15) is 37.5 Å². The summed E-state index contributed by atoms with van der Waals surface area (Å²) in [5.41, 5.74) is 3.39. The lowest BCUT2D eigenvalue weighted by atomic mass is 10.1. The van der Waals surface area contributed by atoms with Crippen LogP contribution in [-0.4, -0.2) is 0 Å². The van der Waals surface area contributed by atoms with E-state index in [0.717, 1.165) is 34.1 Å². The molecule has 0 aliphatic carbocycles. The van der Waals surface area contributed by atoms with Gasteiger partial charge in [0.1, 0.15) is 11.5 Å². The Morgan fingerprint density at radius 3 is 1.85 bits per heavy atom. The number of hydrogen-bond donors (Lipinski definition) is 0. The Balaban J connectivity index is 0.000000956. The van der Waals surface area contributed by atoms with E-state index < -0.39 is 0 Å². The molecule has 0 saturated carbocycles. The van der Waals surface area contributed by atoms with E-state index in [1.165, 1.54) is 5.56 Å². The molecule has 0 spiro atoms. The maximum atomic E-state index is 6.14. The van der Waals surface area contributed by atoms with Crippen molar-refractivity contribution in [2.75, 3.05) is 0 Å². The minimum absolute atomic E-state index is 0.809. The molecule has 0 bridgehead atoms. The molecule has 0 aliphatic heterocycles. The molecule has 0 N–H and O–H groups in total. The predicted octanol–water partition coefficient (Wildman–Crippen LogP) is 6.34. The maximum Gasteiger partial charge on any atom is 0.128 e. The summed E-state index contributed by atoms with van der Waals surface area (Å²) < 4.78 is 5.84. The smallest absolute Gasteiger partial charge is 0.128 e. The first kappa shape index (κ1) is 16.6. The summed E-state index contributed by atoms with van der Waals surface area (Å²) in [7, 11) is 0. The SMILES string of the molecule is CC.CCc1ccc(Oc2cc(C)c(Cl)c(C)c2)cc1. The van der Waals surface area contributed by atoms with Gasteiger partial charge in [-0.25, -0.2) is 0 Å². The molecule has 0 saturated heterocycles. The van der Waals surface area contributed by atoms with Gasteiger partial charge in [0.25, 0.3) is 0 Å². The molecule has 0 aliphatic rings. The molecular formula is C18H23ClO. The number of hydrogen-bond acceptors (Lipinski definition) is 1. The third kappa shape index (κ3) is 4.28. The van der Waals surface area contributed by atoms with E-state index >= 15 is 0 Å². The van der Waals surface area contributed by atoms with Crippen LogP contribution in [0, 0.1) is 13.8 Å². The minimum atomic E-state index is 0.809. The molecule has 0 heterocycles. The predicted molar refractivity (Wildman–Crippen MR) is 88.2 cm³/mol. The monoisotopic (exact) mass is 290 g/mol. The third-order valence-electron chi connectivity index (χ3n) is 2.98. The fourth-order valence-electron chi connectivity index (χ4n) is 1.89. The second kappa shape index (κ2) is 7.96. The topological polar surface area (TPSA) is 9.23 Å². The van der Waals surface area contributed by atoms with Crippen molar-refractivity contribution in [3.05, 3.63) is 58.1 Å². The van der Waals surface area contributed by atoms with Crippen molar-refractivity contribution in [2.45, 2.75) is 41.0 Å². The highest BCUT2D eigenvalue weighted by Crippen LogP contribution is 2.29. The largest absolute Gasteiger partial charge is 0.457 e. The molecule has 2 heteroatoms. The van der Waals surface area contributed by atoms with E-state index in [-0.39, 0.29) is 0 Å². The van der Waals surface area contributed by atoms with Gasteiger partial charge >= 0.3 is 0 Å². The molecule has 2 aromatic rings. The van der Waals surface area contributed by atoms with E-state index in [1.54, 1.807) is 0 Å². The molecule has 20 heavy (non-hydrogen) atoms. The highest BCUT2D eigenvalue weighted by Gasteiger charge is 2.04. The Morgan fingerprint density at radius 1 is 0.900 bits per heavy atom. The van der Waals surface area contributed by atoms with Crippen molar-refractivity contribution < 1.29 is 4.74 Å². The molecule has 2 aromatic carbocycles. The van der Waals surface area contributed by atoms with Crippen molar-refractivity contribution in [1.82, 2.24) is 0 Å². The molecule has 0 fully saturated rings. The van der Waals surface area contributed by atoms with Crippen LogP contribution < -0.4 is 4.74 Å². The van der Waals surface area contributed by atoms with Crippen molar-refractivity contribution in [1.29, 1.82) is 0 Å². The highest BCUT2D eigenvalue weighted by atomic mass is 35.5. The molecule has 0 amide bonds. The van der Waals surface area contributed by atoms with Crippen LogP contribution in [0.2, 0.25) is 5.02 Å². The first-order valence-electron chi connectivity index (χ1n) is 7.13. The van der Waals surface area contributed by atoms with Gasteiger partial charge in [-0.05, 0) is 61.2 Å². The summed E-state index contributed by atoms with van der Waals surface area (Å²) in [5.74, 6) is 1.69. The molecule has 0 unspecified atom stereocenters. The zero-order chi connectivity index (χ0) is 15.1. The number of benzene rings is 2. The maximum absolute atomic E-state index is 6.14. The first-order valence-corrected chi connectivity index (χ1v) is 7.51. The summed E-state index contributed by atoms with van der Waals surface area (Å²) in [6, 6.07) is 12.1. The van der Waals surface area contributed by atoms with Gasteiger partial charge in [-0.1, -0.05) is 44.5 Å². The number of halogens is 1. The van der Waals surface area contributed by atoms with Crippen molar-refractivity contribution in [3.63, 3.8) is 0 Å². The Labute approximate surface area is 127 Å². The van der Waals surface area contributed by atoms with E-state index in [4.69, 9.17) is 16.3 Å². The third-order valence-corrected chi connectivity index (χ3v) is 3.57. The Kier molecular flexibility index (Phi) is 6.60. The van der Waals surface area contributed by atoms with Crippen LogP contribution in [-0.2, 0) is 6.42 Å². The molecular weight excluding hydrogens is 268 g/mol. The number of aryl methyl sites for hydroxylation is 3. The average Bonchev–Trinajstić information content (AvgIpc) is 2.47. The summed E-state index contributed by atoms with van der Waals surface area (Å²) in [5, 5.41) is 0.809. The van der Waals surface area contributed by atoms with Gasteiger partial charge < -0.3 is 4.74 Å². The second-order valence-electron chi connectivity index (χ2n) is 4.47. The molecule has 108 valence electrons. The van der Waals surface area contributed by atoms with Crippen LogP contribution in [0.4, 0.5) is 0 Å². The van der Waals surface area contributed by atoms with Crippen LogP contribution in [0.25, 0.3) is 0 Å². The summed E-state index contributed by atoms with van der Waals surface area (Å²) >= 11 is 6.14. The molecule has 1 nitrogen and oxygen atoms in total. The summed E-state index contributed by atoms with van der Waals surface area (Å²) in [6.07, 6.45) is 1.04. The standard InChI is InChI=1S/C16H17ClO.C2H6/c1-4-13-5-7-14(8-6-13)18-15-9-11(2)16(17)12(3)10-15;1-2/h5-10H,4H2,1-3H3;1-2H3. The Hall–Kier alpha value is -1.47. The van der Waals surface area contributed by atoms with E-state index in [0.29, 0.717) is 0 Å². The van der Waals surface area contributed by atoms with Gasteiger partial charge in [0.2, 0.25) is 0 Å². The highest BCUT2D eigenvalue weighted by molar-refractivity contribution is 6.32. The first-order chi connectivity index (χ1) is 9.60. The lowest BCUT2D eigenvalue weighted by Gasteiger charge is -2.10. The number of ether oxygens (including phenoxy) is 1. The van der Waals surface area contributed by atoms with Crippen LogP contribution >= 0.6 is 11.6 Å². The van der Waals surface area contributed by atoms with Gasteiger partial charge in [-0.15, -0.1) is 0 Å². The lowest BCUT2D eigenvalue weighted by Crippen LogP contribution is -1.89. The average molecular weight is 291 g/mol. The van der Waals surface area contributed by atoms with E-state index in [1.807, 2.05) is 52.0 Å². The molecule has 0 radical (unpaired) electrons. The quantitative estimate of drug-likeness (QED) is 0.641. The van der Waals surface area contributed by atoms with Crippen molar-refractivity contribution in [3.8, 4) is 11.5 Å². The Morgan fingerprint density at radius 2 is 1.40 bits per heavy atom. The molecule has 0 aromatic heterocycles. The molecule has 0 atom stereocenters. The van der Waals surface area contributed by atoms with Gasteiger partial charge in [0, 0.05) is 5.02 Å². The van der Waals surface area contributed by atoms with Gasteiger partial charge in [-0.2, -0.15) is 0 Å². The van der Waals surface area contributed by atoms with Crippen LogP contribution in [0.15, 0.2) is 36.4 Å². The van der Waals surface area contributed by atoms with Crippen LogP contribution in [0.3, 0.4) is 0 Å². The lowest BCUT2D eigenvalue weighted by molar-refractivity contribution is 0.481. The van der Waals surface area contributed by atoms with Gasteiger partial charge in [0.05, 0.1) is 0 Å². The van der Waals surface area contributed by atoms with Gasteiger partial charge in [-0.3, -0.25) is 0 Å². The Bertz CT molecular complexity index is 521. The van der Waals surface area contributed by atoms with Crippen molar-refractivity contribution in [2.24, 2.45) is 0 Å². The minimum Gasteiger partial charge on any atom is -0.457 e. The second-order valence-corrected chi connectivity index (χ2v) is 4.85. The zero-order valence-electron chi connectivity index (χ0n) is 13.0. The van der Waals surface area contributed by atoms with E-state index in [2.05, 4.69) is 19.1 Å². The summed E-state index contributed by atoms with van der Waals surface area (Å²) in [6.45, 7) is 10.1. The summed E-state index contributed by atoms with van der Waals surface area (Å²) in [4.78, 5) is 0. The number of rotatable bonds is 3. The van der Waals surface area contributed by atoms with E-state index in [9.17, 15) is 0 Å². The zero-order valence-corrected chi connectivity index (χ0v) is 13.7. The van der Waals surface area contributed by atoms with Crippen molar-refractivity contribution >= 4 is 11.6 Å². The fourth-order valence-corrected chi connectivity index (χ4v) is 2.00. The normalized spacial score (nSPS) is 9.70. The van der Waals surface area contributed by atoms with Crippen LogP contribution in [0.5, 0.6) is 11.5 Å². The fraction of sp³-hybridized carbons (Fsp3) is 0.333. The van der Waals surface area contributed by atoms with Gasteiger partial charge in [0.15, 0.2) is 0 Å².